The SMILES string of the molecule is COC(=O)OCc1ccc(OC)c(-c2cccc(N)c2)c1F. The molecule has 0 aliphatic heterocycles. The van der Waals surface area contributed by atoms with E-state index in [2.05, 4.69) is 4.74 Å². The summed E-state index contributed by atoms with van der Waals surface area (Å²) in [6, 6.07) is 9.90. The molecule has 0 radical (unpaired) electrons. The largest absolute Gasteiger partial charge is 0.508 e. The highest BCUT2D eigenvalue weighted by Crippen LogP contribution is 2.35. The highest BCUT2D eigenvalue weighted by molar-refractivity contribution is 5.74. The summed E-state index contributed by atoms with van der Waals surface area (Å²) in [5.74, 6) is -0.168. The Morgan fingerprint density at radius 3 is 2.64 bits per heavy atom. The van der Waals surface area contributed by atoms with Crippen LogP contribution >= 0.6 is 0 Å². The number of hydrogen-bond donors (Lipinski definition) is 1. The van der Waals surface area contributed by atoms with Gasteiger partial charge in [0.2, 0.25) is 0 Å². The number of ether oxygens (including phenoxy) is 3. The molecule has 5 nitrogen and oxygen atoms in total. The van der Waals surface area contributed by atoms with Gasteiger partial charge in [0.15, 0.2) is 0 Å². The molecule has 2 aromatic rings. The van der Waals surface area contributed by atoms with Gasteiger partial charge in [-0.2, -0.15) is 0 Å². The minimum atomic E-state index is -0.874. The first-order valence-electron chi connectivity index (χ1n) is 6.48. The number of anilines is 1. The summed E-state index contributed by atoms with van der Waals surface area (Å²) in [5.41, 5.74) is 7.31. The van der Waals surface area contributed by atoms with Crippen molar-refractivity contribution in [2.75, 3.05) is 20.0 Å². The number of rotatable bonds is 4. The molecule has 0 aromatic heterocycles. The molecule has 0 aliphatic rings. The summed E-state index contributed by atoms with van der Waals surface area (Å²) in [6.07, 6.45) is -0.874. The third-order valence-electron chi connectivity index (χ3n) is 3.09. The van der Waals surface area contributed by atoms with Crippen molar-refractivity contribution in [2.45, 2.75) is 6.61 Å². The number of nitrogen functional groups attached to an aromatic ring is 1. The highest BCUT2D eigenvalue weighted by Gasteiger charge is 2.17. The molecule has 0 spiro atoms. The molecule has 0 atom stereocenters. The summed E-state index contributed by atoms with van der Waals surface area (Å²) in [6.45, 7) is -0.238. The van der Waals surface area contributed by atoms with Gasteiger partial charge in [-0.3, -0.25) is 0 Å². The smallest absolute Gasteiger partial charge is 0.496 e. The molecule has 0 aliphatic carbocycles. The second-order valence-corrected chi connectivity index (χ2v) is 4.48. The summed E-state index contributed by atoms with van der Waals surface area (Å²) >= 11 is 0. The Hall–Kier alpha value is -2.76. The van der Waals surface area contributed by atoms with Crippen LogP contribution in [0.15, 0.2) is 36.4 Å². The fourth-order valence-electron chi connectivity index (χ4n) is 2.04. The van der Waals surface area contributed by atoms with Crippen LogP contribution in [0.1, 0.15) is 5.56 Å². The third-order valence-corrected chi connectivity index (χ3v) is 3.09. The van der Waals surface area contributed by atoms with E-state index in [0.29, 0.717) is 17.0 Å². The predicted octanol–water partition coefficient (Wildman–Crippen LogP) is 3.37. The quantitative estimate of drug-likeness (QED) is 0.692. The molecule has 22 heavy (non-hydrogen) atoms. The van der Waals surface area contributed by atoms with Crippen LogP contribution in [0.2, 0.25) is 0 Å². The molecule has 0 fully saturated rings. The van der Waals surface area contributed by atoms with Crippen molar-refractivity contribution in [2.24, 2.45) is 0 Å². The van der Waals surface area contributed by atoms with Crippen LogP contribution in [0.4, 0.5) is 14.9 Å². The molecule has 0 heterocycles. The summed E-state index contributed by atoms with van der Waals surface area (Å²) in [5, 5.41) is 0. The van der Waals surface area contributed by atoms with Gasteiger partial charge in [-0.15, -0.1) is 0 Å². The topological polar surface area (TPSA) is 70.8 Å². The zero-order valence-corrected chi connectivity index (χ0v) is 12.3. The molecular formula is C16H16FNO4. The van der Waals surface area contributed by atoms with Gasteiger partial charge >= 0.3 is 6.16 Å². The van der Waals surface area contributed by atoms with Gasteiger partial charge in [0.25, 0.3) is 0 Å². The van der Waals surface area contributed by atoms with Crippen molar-refractivity contribution in [3.05, 3.63) is 47.8 Å². The number of carbonyl (C=O) groups excluding carboxylic acids is 1. The van der Waals surface area contributed by atoms with Crippen molar-refractivity contribution in [3.8, 4) is 16.9 Å². The summed E-state index contributed by atoms with van der Waals surface area (Å²) in [4.78, 5) is 11.0. The summed E-state index contributed by atoms with van der Waals surface area (Å²) in [7, 11) is 2.64. The Kier molecular flexibility index (Phi) is 4.83. The summed E-state index contributed by atoms with van der Waals surface area (Å²) < 4.78 is 29.1. The predicted molar refractivity (Wildman–Crippen MR) is 80.0 cm³/mol. The fourth-order valence-corrected chi connectivity index (χ4v) is 2.04. The molecule has 2 rings (SSSR count). The first-order chi connectivity index (χ1) is 10.6. The lowest BCUT2D eigenvalue weighted by molar-refractivity contribution is 0.0661. The van der Waals surface area contributed by atoms with E-state index in [1.807, 2.05) is 0 Å². The first kappa shape index (κ1) is 15.6. The van der Waals surface area contributed by atoms with E-state index in [9.17, 15) is 9.18 Å². The molecule has 2 N–H and O–H groups in total. The third kappa shape index (κ3) is 3.28. The lowest BCUT2D eigenvalue weighted by Crippen LogP contribution is -2.06. The molecule has 0 bridgehead atoms. The van der Waals surface area contributed by atoms with E-state index in [1.165, 1.54) is 20.3 Å². The number of carbonyl (C=O) groups is 1. The molecule has 0 saturated heterocycles. The molecule has 0 saturated carbocycles. The monoisotopic (exact) mass is 305 g/mol. The second kappa shape index (κ2) is 6.80. The van der Waals surface area contributed by atoms with Crippen LogP contribution in [0.5, 0.6) is 5.75 Å². The fraction of sp³-hybridized carbons (Fsp3) is 0.188. The minimum absolute atomic E-state index is 0.212. The lowest BCUT2D eigenvalue weighted by Gasteiger charge is -2.13. The van der Waals surface area contributed by atoms with Crippen molar-refractivity contribution < 1.29 is 23.4 Å². The van der Waals surface area contributed by atoms with E-state index in [-0.39, 0.29) is 17.7 Å². The zero-order valence-electron chi connectivity index (χ0n) is 12.3. The Balaban J connectivity index is 2.44. The van der Waals surface area contributed by atoms with Gasteiger partial charge in [-0.1, -0.05) is 12.1 Å². The Labute approximate surface area is 127 Å². The lowest BCUT2D eigenvalue weighted by atomic mass is 10.0. The van der Waals surface area contributed by atoms with Crippen molar-refractivity contribution in [1.29, 1.82) is 0 Å². The van der Waals surface area contributed by atoms with E-state index >= 15 is 0 Å². The van der Waals surface area contributed by atoms with Crippen LogP contribution in [0, 0.1) is 5.82 Å². The molecule has 0 unspecified atom stereocenters. The van der Waals surface area contributed by atoms with Gasteiger partial charge in [-0.25, -0.2) is 9.18 Å². The zero-order chi connectivity index (χ0) is 16.1. The molecule has 0 amide bonds. The van der Waals surface area contributed by atoms with Gasteiger partial charge < -0.3 is 19.9 Å². The number of nitrogens with two attached hydrogens (primary N) is 1. The Bertz CT molecular complexity index is 688. The van der Waals surface area contributed by atoms with Crippen molar-refractivity contribution in [1.82, 2.24) is 0 Å². The van der Waals surface area contributed by atoms with Gasteiger partial charge in [0, 0.05) is 11.3 Å². The Morgan fingerprint density at radius 1 is 1.23 bits per heavy atom. The second-order valence-electron chi connectivity index (χ2n) is 4.48. The van der Waals surface area contributed by atoms with Crippen LogP contribution < -0.4 is 10.5 Å². The molecule has 6 heteroatoms. The van der Waals surface area contributed by atoms with Crippen LogP contribution in [-0.2, 0) is 16.1 Å². The van der Waals surface area contributed by atoms with Gasteiger partial charge in [0.05, 0.1) is 19.8 Å². The van der Waals surface area contributed by atoms with E-state index < -0.39 is 12.0 Å². The number of hydrogen-bond acceptors (Lipinski definition) is 5. The minimum Gasteiger partial charge on any atom is -0.496 e. The van der Waals surface area contributed by atoms with E-state index in [0.717, 1.165) is 0 Å². The maximum atomic E-state index is 14.7. The van der Waals surface area contributed by atoms with Crippen molar-refractivity contribution in [3.63, 3.8) is 0 Å². The Morgan fingerprint density at radius 2 is 2.00 bits per heavy atom. The maximum Gasteiger partial charge on any atom is 0.508 e. The van der Waals surface area contributed by atoms with Crippen molar-refractivity contribution >= 4 is 11.8 Å². The van der Waals surface area contributed by atoms with E-state index in [4.69, 9.17) is 15.2 Å². The average Bonchev–Trinajstić information content (AvgIpc) is 2.52. The van der Waals surface area contributed by atoms with Crippen LogP contribution in [-0.4, -0.2) is 20.4 Å². The molecule has 2 aromatic carbocycles. The maximum absolute atomic E-state index is 14.7. The average molecular weight is 305 g/mol. The van der Waals surface area contributed by atoms with Gasteiger partial charge in [-0.05, 0) is 29.8 Å². The number of benzene rings is 2. The molecular weight excluding hydrogens is 289 g/mol. The van der Waals surface area contributed by atoms with Gasteiger partial charge in [0.1, 0.15) is 18.2 Å². The highest BCUT2D eigenvalue weighted by atomic mass is 19.1. The van der Waals surface area contributed by atoms with Crippen LogP contribution in [0.3, 0.4) is 0 Å². The normalized spacial score (nSPS) is 10.1. The van der Waals surface area contributed by atoms with Crippen LogP contribution in [0.25, 0.3) is 11.1 Å². The number of halogens is 1. The number of methoxy groups -OCH3 is 2. The molecule has 116 valence electrons. The first-order valence-corrected chi connectivity index (χ1v) is 6.48. The van der Waals surface area contributed by atoms with E-state index in [1.54, 1.807) is 30.3 Å². The standard InChI is InChI=1S/C16H16FNO4/c1-20-13-7-6-11(9-22-16(19)21-2)15(17)14(13)10-4-3-5-12(18)8-10/h3-8H,9,18H2,1-2H3.